The lowest BCUT2D eigenvalue weighted by molar-refractivity contribution is -0.172. The zero-order valence-electron chi connectivity index (χ0n) is 14.6. The molecule has 5 heteroatoms. The van der Waals surface area contributed by atoms with Crippen LogP contribution in [0.5, 0.6) is 5.75 Å². The van der Waals surface area contributed by atoms with E-state index in [2.05, 4.69) is 0 Å². The van der Waals surface area contributed by atoms with Gasteiger partial charge in [0.25, 0.3) is 0 Å². The van der Waals surface area contributed by atoms with Gasteiger partial charge in [-0.05, 0) is 68.4 Å². The van der Waals surface area contributed by atoms with E-state index in [0.717, 1.165) is 19.3 Å². The standard InChI is InChI=1S/C21H22O5/c22-16-1-2-17-15(6-19(23)26-18(17)7-16)11-25-20(24)21-8-12-3-13(9-21)5-14(4-12)10-21/h1-2,6-7,12-14,22H,3-5,8-11H2. The lowest BCUT2D eigenvalue weighted by atomic mass is 9.49. The van der Waals surface area contributed by atoms with E-state index >= 15 is 0 Å². The summed E-state index contributed by atoms with van der Waals surface area (Å²) < 4.78 is 10.9. The number of ether oxygens (including phenoxy) is 1. The SMILES string of the molecule is O=C(OCc1cc(=O)oc2cc(O)ccc12)C12CC3CC(CC(C3)C1)C2. The van der Waals surface area contributed by atoms with Gasteiger partial charge in [-0.25, -0.2) is 4.79 Å². The van der Waals surface area contributed by atoms with E-state index in [9.17, 15) is 14.7 Å². The van der Waals surface area contributed by atoms with Gasteiger partial charge in [0.1, 0.15) is 17.9 Å². The van der Waals surface area contributed by atoms with Crippen molar-refractivity contribution in [3.05, 3.63) is 40.2 Å². The Hall–Kier alpha value is -2.30. The molecule has 0 radical (unpaired) electrons. The summed E-state index contributed by atoms with van der Waals surface area (Å²) in [5, 5.41) is 10.3. The third-order valence-corrected chi connectivity index (χ3v) is 6.64. The Bertz CT molecular complexity index is 906. The highest BCUT2D eigenvalue weighted by Gasteiger charge is 2.55. The maximum Gasteiger partial charge on any atom is 0.336 e. The zero-order chi connectivity index (χ0) is 17.9. The average molecular weight is 354 g/mol. The van der Waals surface area contributed by atoms with Crippen LogP contribution in [0.15, 0.2) is 33.5 Å². The van der Waals surface area contributed by atoms with Crippen LogP contribution in [0.1, 0.15) is 44.1 Å². The molecule has 1 aromatic carbocycles. The first-order chi connectivity index (χ1) is 12.5. The number of carbonyl (C=O) groups is 1. The number of hydrogen-bond donors (Lipinski definition) is 1. The summed E-state index contributed by atoms with van der Waals surface area (Å²) in [5.74, 6) is 1.98. The van der Waals surface area contributed by atoms with E-state index in [4.69, 9.17) is 9.15 Å². The minimum Gasteiger partial charge on any atom is -0.508 e. The molecule has 26 heavy (non-hydrogen) atoms. The molecule has 1 N–H and O–H groups in total. The molecule has 4 aliphatic carbocycles. The maximum absolute atomic E-state index is 13.0. The topological polar surface area (TPSA) is 76.7 Å². The Balaban J connectivity index is 1.39. The van der Waals surface area contributed by atoms with Gasteiger partial charge in [0.05, 0.1) is 5.41 Å². The molecule has 4 saturated carbocycles. The summed E-state index contributed by atoms with van der Waals surface area (Å²) >= 11 is 0. The van der Waals surface area contributed by atoms with Gasteiger partial charge in [-0.15, -0.1) is 0 Å². The van der Waals surface area contributed by atoms with Crippen LogP contribution < -0.4 is 5.63 Å². The third kappa shape index (κ3) is 2.52. The minimum absolute atomic E-state index is 0.0309. The lowest BCUT2D eigenvalue weighted by Gasteiger charge is -2.55. The highest BCUT2D eigenvalue weighted by molar-refractivity contribution is 5.82. The fourth-order valence-electron chi connectivity index (χ4n) is 6.00. The molecule has 4 fully saturated rings. The molecule has 136 valence electrons. The van der Waals surface area contributed by atoms with Crippen LogP contribution in [-0.4, -0.2) is 11.1 Å². The highest BCUT2D eigenvalue weighted by atomic mass is 16.5. The second-order valence-electron chi connectivity index (χ2n) is 8.55. The zero-order valence-corrected chi connectivity index (χ0v) is 14.6. The van der Waals surface area contributed by atoms with Gasteiger partial charge >= 0.3 is 11.6 Å². The first-order valence-corrected chi connectivity index (χ1v) is 9.44. The summed E-state index contributed by atoms with van der Waals surface area (Å²) in [6.45, 7) is 0.0630. The van der Waals surface area contributed by atoms with Crippen molar-refractivity contribution >= 4 is 16.9 Å². The van der Waals surface area contributed by atoms with Gasteiger partial charge in [0, 0.05) is 23.1 Å². The summed E-state index contributed by atoms with van der Waals surface area (Å²) in [5.41, 5.74) is 0.110. The van der Waals surface area contributed by atoms with Crippen molar-refractivity contribution in [2.24, 2.45) is 23.2 Å². The number of phenolic OH excluding ortho intramolecular Hbond substituents is 1. The van der Waals surface area contributed by atoms with Crippen molar-refractivity contribution in [3.8, 4) is 5.75 Å². The van der Waals surface area contributed by atoms with Crippen molar-refractivity contribution in [3.63, 3.8) is 0 Å². The van der Waals surface area contributed by atoms with Gasteiger partial charge in [-0.2, -0.15) is 0 Å². The number of esters is 1. The van der Waals surface area contributed by atoms with E-state index in [1.165, 1.54) is 37.5 Å². The molecular weight excluding hydrogens is 332 g/mol. The molecule has 4 bridgehead atoms. The molecule has 0 spiro atoms. The second-order valence-corrected chi connectivity index (χ2v) is 8.55. The van der Waals surface area contributed by atoms with Crippen molar-refractivity contribution in [2.45, 2.75) is 45.1 Å². The van der Waals surface area contributed by atoms with Crippen LogP contribution in [0.3, 0.4) is 0 Å². The van der Waals surface area contributed by atoms with E-state index in [1.54, 1.807) is 6.07 Å². The Morgan fingerprint density at radius 2 is 1.77 bits per heavy atom. The Morgan fingerprint density at radius 3 is 2.42 bits per heavy atom. The normalized spacial score (nSPS) is 32.1. The fourth-order valence-corrected chi connectivity index (χ4v) is 6.00. The molecule has 6 rings (SSSR count). The van der Waals surface area contributed by atoms with Crippen molar-refractivity contribution < 1.29 is 19.1 Å². The number of aromatic hydroxyl groups is 1. The van der Waals surface area contributed by atoms with Gasteiger partial charge in [0.2, 0.25) is 0 Å². The first-order valence-electron chi connectivity index (χ1n) is 9.44. The molecule has 5 nitrogen and oxygen atoms in total. The maximum atomic E-state index is 13.0. The number of benzene rings is 1. The molecule has 4 aliphatic rings. The molecule has 0 unspecified atom stereocenters. The van der Waals surface area contributed by atoms with E-state index in [0.29, 0.717) is 34.3 Å². The first kappa shape index (κ1) is 15.9. The van der Waals surface area contributed by atoms with Gasteiger partial charge in [0.15, 0.2) is 0 Å². The van der Waals surface area contributed by atoms with Crippen LogP contribution in [0.2, 0.25) is 0 Å². The van der Waals surface area contributed by atoms with Crippen LogP contribution in [-0.2, 0) is 16.1 Å². The molecule has 0 amide bonds. The second kappa shape index (κ2) is 5.60. The largest absolute Gasteiger partial charge is 0.508 e. The molecule has 0 aliphatic heterocycles. The van der Waals surface area contributed by atoms with Crippen molar-refractivity contribution in [1.29, 1.82) is 0 Å². The molecule has 0 saturated heterocycles. The Kier molecular flexibility index (Phi) is 3.43. The number of rotatable bonds is 3. The van der Waals surface area contributed by atoms with E-state index < -0.39 is 5.63 Å². The lowest BCUT2D eigenvalue weighted by Crippen LogP contribution is -2.50. The fraction of sp³-hybridized carbons (Fsp3) is 0.524. The number of carbonyl (C=O) groups excluding carboxylic acids is 1. The predicted octanol–water partition coefficient (Wildman–Crippen LogP) is 3.76. The number of hydrogen-bond acceptors (Lipinski definition) is 5. The predicted molar refractivity (Wildman–Crippen MR) is 94.5 cm³/mol. The smallest absolute Gasteiger partial charge is 0.336 e. The molecule has 1 heterocycles. The Morgan fingerprint density at radius 1 is 1.12 bits per heavy atom. The number of fused-ring (bicyclic) bond motifs is 1. The van der Waals surface area contributed by atoms with E-state index in [-0.39, 0.29) is 23.7 Å². The summed E-state index contributed by atoms with van der Waals surface area (Å²) in [6, 6.07) is 5.99. The summed E-state index contributed by atoms with van der Waals surface area (Å²) in [7, 11) is 0. The minimum atomic E-state index is -0.510. The number of phenols is 1. The van der Waals surface area contributed by atoms with Gasteiger partial charge in [-0.1, -0.05) is 0 Å². The summed E-state index contributed by atoms with van der Waals surface area (Å²) in [6.07, 6.45) is 6.72. The van der Waals surface area contributed by atoms with Crippen molar-refractivity contribution in [2.75, 3.05) is 0 Å². The highest BCUT2D eigenvalue weighted by Crippen LogP contribution is 2.60. The average Bonchev–Trinajstić information content (AvgIpc) is 2.57. The monoisotopic (exact) mass is 354 g/mol. The van der Waals surface area contributed by atoms with Crippen LogP contribution in [0.4, 0.5) is 0 Å². The third-order valence-electron chi connectivity index (χ3n) is 6.64. The Labute approximate surface area is 151 Å². The molecule has 1 aromatic heterocycles. The van der Waals surface area contributed by atoms with E-state index in [1.807, 2.05) is 0 Å². The van der Waals surface area contributed by atoms with Crippen LogP contribution in [0.25, 0.3) is 11.0 Å². The summed E-state index contributed by atoms with van der Waals surface area (Å²) in [4.78, 5) is 24.8. The quantitative estimate of drug-likeness (QED) is 0.671. The van der Waals surface area contributed by atoms with Gasteiger partial charge < -0.3 is 14.3 Å². The molecular formula is C21H22O5. The molecule has 0 atom stereocenters. The van der Waals surface area contributed by atoms with Crippen LogP contribution >= 0.6 is 0 Å². The van der Waals surface area contributed by atoms with Gasteiger partial charge in [-0.3, -0.25) is 4.79 Å². The molecule has 2 aromatic rings. The van der Waals surface area contributed by atoms with Crippen LogP contribution in [0, 0.1) is 23.2 Å². The van der Waals surface area contributed by atoms with Crippen molar-refractivity contribution in [1.82, 2.24) is 0 Å².